The van der Waals surface area contributed by atoms with Crippen LogP contribution in [0, 0.1) is 16.7 Å². The predicted molar refractivity (Wildman–Crippen MR) is 129 cm³/mol. The molecule has 3 amide bonds. The van der Waals surface area contributed by atoms with Gasteiger partial charge in [-0.15, -0.1) is 0 Å². The molecule has 2 aromatic carbocycles. The maximum Gasteiger partial charge on any atom is 0.416 e. The number of nitrogens with zero attached hydrogens (tertiary/aromatic N) is 3. The second kappa shape index (κ2) is 10.6. The lowest BCUT2D eigenvalue weighted by molar-refractivity contribution is -0.138. The first-order valence-electron chi connectivity index (χ1n) is 11.0. The summed E-state index contributed by atoms with van der Waals surface area (Å²) in [6.45, 7) is 2.57. The van der Waals surface area contributed by atoms with Gasteiger partial charge in [0, 0.05) is 24.9 Å². The zero-order valence-electron chi connectivity index (χ0n) is 20.5. The third-order valence-electron chi connectivity index (χ3n) is 5.87. The van der Waals surface area contributed by atoms with Crippen LogP contribution in [0.15, 0.2) is 53.7 Å². The second-order valence-corrected chi connectivity index (χ2v) is 8.24. The highest BCUT2D eigenvalue weighted by Crippen LogP contribution is 2.42. The number of methoxy groups -OCH3 is 1. The van der Waals surface area contributed by atoms with E-state index in [4.69, 9.17) is 15.9 Å². The number of hydrogen-bond donors (Lipinski definition) is 3. The minimum Gasteiger partial charge on any atom is -0.466 e. The largest absolute Gasteiger partial charge is 0.466 e. The number of nitriles is 1. The van der Waals surface area contributed by atoms with Gasteiger partial charge in [-0.3, -0.25) is 20.0 Å². The second-order valence-electron chi connectivity index (χ2n) is 8.24. The molecule has 1 unspecified atom stereocenters. The number of alkyl halides is 3. The SMILES string of the molecule is COC(=O)C1=C(C)N(c2cccc(C(F)(F)F)c2)C(=N)N(C(N)=O)C1c1ccc(C#N)cc1CNC(C)=O. The Morgan fingerprint density at radius 3 is 2.45 bits per heavy atom. The van der Waals surface area contributed by atoms with E-state index in [1.807, 2.05) is 6.07 Å². The maximum absolute atomic E-state index is 13.4. The van der Waals surface area contributed by atoms with Crippen LogP contribution in [-0.2, 0) is 27.0 Å². The van der Waals surface area contributed by atoms with Crippen LogP contribution >= 0.6 is 0 Å². The highest BCUT2D eigenvalue weighted by Gasteiger charge is 2.44. The first-order valence-corrected chi connectivity index (χ1v) is 11.0. The zero-order valence-corrected chi connectivity index (χ0v) is 20.5. The molecule has 1 aliphatic rings. The van der Waals surface area contributed by atoms with Crippen molar-refractivity contribution in [3.05, 3.63) is 76.0 Å². The number of hydrogen-bond acceptors (Lipinski definition) is 6. The highest BCUT2D eigenvalue weighted by molar-refractivity contribution is 6.10. The van der Waals surface area contributed by atoms with Gasteiger partial charge in [-0.1, -0.05) is 12.1 Å². The van der Waals surface area contributed by atoms with Crippen LogP contribution in [0.2, 0.25) is 0 Å². The average Bonchev–Trinajstić information content (AvgIpc) is 2.86. The van der Waals surface area contributed by atoms with Crippen molar-refractivity contribution < 1.29 is 32.3 Å². The van der Waals surface area contributed by atoms with E-state index in [-0.39, 0.29) is 34.6 Å². The van der Waals surface area contributed by atoms with E-state index >= 15 is 0 Å². The summed E-state index contributed by atoms with van der Waals surface area (Å²) >= 11 is 0. The molecule has 3 rings (SSSR count). The number of esters is 1. The highest BCUT2D eigenvalue weighted by atomic mass is 19.4. The average molecular weight is 528 g/mol. The number of primary amides is 1. The smallest absolute Gasteiger partial charge is 0.416 e. The summed E-state index contributed by atoms with van der Waals surface area (Å²) in [6, 6.07) is 7.76. The molecule has 0 aromatic heterocycles. The lowest BCUT2D eigenvalue weighted by Gasteiger charge is -2.43. The number of amides is 3. The van der Waals surface area contributed by atoms with Gasteiger partial charge in [-0.25, -0.2) is 9.59 Å². The normalized spacial score (nSPS) is 15.7. The predicted octanol–water partition coefficient (Wildman–Crippen LogP) is 3.54. The number of ether oxygens (including phenoxy) is 1. The van der Waals surface area contributed by atoms with Gasteiger partial charge in [0.2, 0.25) is 11.9 Å². The molecule has 13 heteroatoms. The van der Waals surface area contributed by atoms with Gasteiger partial charge in [0.15, 0.2) is 0 Å². The molecule has 0 radical (unpaired) electrons. The fourth-order valence-electron chi connectivity index (χ4n) is 4.18. The fraction of sp³-hybridized carbons (Fsp3) is 0.240. The Morgan fingerprint density at radius 2 is 1.89 bits per heavy atom. The molecule has 38 heavy (non-hydrogen) atoms. The van der Waals surface area contributed by atoms with Crippen molar-refractivity contribution in [1.29, 1.82) is 10.7 Å². The standard InChI is InChI=1S/C25H23F3N6O4/c1-13-20(22(36)38-3)21(19-8-7-15(11-29)9-16(19)12-32-14(2)35)34(24(31)37)23(30)33(13)18-6-4-5-17(10-18)25(26,27)28/h4-10,21,30H,12H2,1-3H3,(H2,31,37)(H,32,35). The van der Waals surface area contributed by atoms with E-state index in [9.17, 15) is 32.8 Å². The van der Waals surface area contributed by atoms with Crippen LogP contribution in [0.3, 0.4) is 0 Å². The van der Waals surface area contributed by atoms with Crippen LogP contribution in [0.25, 0.3) is 0 Å². The number of benzene rings is 2. The van der Waals surface area contributed by atoms with Crippen molar-refractivity contribution in [1.82, 2.24) is 10.2 Å². The molecule has 0 aliphatic carbocycles. The Bertz CT molecular complexity index is 1400. The molecule has 0 saturated carbocycles. The van der Waals surface area contributed by atoms with Crippen molar-refractivity contribution in [2.24, 2.45) is 5.73 Å². The van der Waals surface area contributed by atoms with Crippen molar-refractivity contribution >= 4 is 29.6 Å². The van der Waals surface area contributed by atoms with Gasteiger partial charge in [0.05, 0.1) is 29.9 Å². The molecule has 4 N–H and O–H groups in total. The third kappa shape index (κ3) is 5.29. The number of nitrogens with two attached hydrogens (primary N) is 1. The van der Waals surface area contributed by atoms with Crippen molar-refractivity contribution in [2.75, 3.05) is 12.0 Å². The summed E-state index contributed by atoms with van der Waals surface area (Å²) < 4.78 is 45.2. The van der Waals surface area contributed by atoms with E-state index < -0.39 is 41.6 Å². The lowest BCUT2D eigenvalue weighted by atomic mass is 9.88. The molecule has 10 nitrogen and oxygen atoms in total. The molecule has 198 valence electrons. The molecule has 2 aromatic rings. The number of carbonyl (C=O) groups excluding carboxylic acids is 3. The molecule has 1 heterocycles. The lowest BCUT2D eigenvalue weighted by Crippen LogP contribution is -2.55. The number of rotatable bonds is 5. The van der Waals surface area contributed by atoms with Crippen molar-refractivity contribution in [3.63, 3.8) is 0 Å². The van der Waals surface area contributed by atoms with E-state index in [2.05, 4.69) is 5.32 Å². The minimum atomic E-state index is -4.69. The topological polar surface area (TPSA) is 153 Å². The molecular weight excluding hydrogens is 505 g/mol. The van der Waals surface area contributed by atoms with Crippen LogP contribution in [0.1, 0.15) is 42.1 Å². The number of guanidine groups is 1. The first kappa shape index (κ1) is 27.7. The quantitative estimate of drug-likeness (QED) is 0.505. The number of carbonyl (C=O) groups is 3. The number of allylic oxidation sites excluding steroid dienone is 1. The Kier molecular flexibility index (Phi) is 7.76. The summed E-state index contributed by atoms with van der Waals surface area (Å²) in [6.07, 6.45) is -4.69. The monoisotopic (exact) mass is 528 g/mol. The molecule has 0 bridgehead atoms. The van der Waals surface area contributed by atoms with Gasteiger partial charge in [0.25, 0.3) is 0 Å². The fourth-order valence-corrected chi connectivity index (χ4v) is 4.18. The van der Waals surface area contributed by atoms with E-state index in [0.717, 1.165) is 35.1 Å². The van der Waals surface area contributed by atoms with Crippen molar-refractivity contribution in [3.8, 4) is 6.07 Å². The summed E-state index contributed by atoms with van der Waals surface area (Å²) in [7, 11) is 1.08. The summed E-state index contributed by atoms with van der Waals surface area (Å²) in [4.78, 5) is 39.1. The molecule has 0 spiro atoms. The van der Waals surface area contributed by atoms with Crippen LogP contribution < -0.4 is 16.0 Å². The molecule has 1 aliphatic heterocycles. The summed E-state index contributed by atoms with van der Waals surface area (Å²) in [5, 5.41) is 20.7. The number of anilines is 1. The Hall–Kier alpha value is -4.86. The Labute approximate surface area is 215 Å². The summed E-state index contributed by atoms with van der Waals surface area (Å²) in [5.74, 6) is -1.95. The first-order chi connectivity index (χ1) is 17.8. The molecule has 0 fully saturated rings. The van der Waals surface area contributed by atoms with Crippen LogP contribution in [0.5, 0.6) is 0 Å². The van der Waals surface area contributed by atoms with Gasteiger partial charge in [-0.05, 0) is 48.4 Å². The van der Waals surface area contributed by atoms with Gasteiger partial charge < -0.3 is 15.8 Å². The minimum absolute atomic E-state index is 0.0125. The van der Waals surface area contributed by atoms with E-state index in [0.29, 0.717) is 5.56 Å². The molecular formula is C25H23F3N6O4. The van der Waals surface area contributed by atoms with Gasteiger partial charge in [-0.2, -0.15) is 18.4 Å². The van der Waals surface area contributed by atoms with E-state index in [1.54, 1.807) is 0 Å². The third-order valence-corrected chi connectivity index (χ3v) is 5.87. The molecule has 1 atom stereocenters. The number of halogens is 3. The van der Waals surface area contributed by atoms with Gasteiger partial charge >= 0.3 is 18.2 Å². The summed E-state index contributed by atoms with van der Waals surface area (Å²) in [5.41, 5.74) is 5.12. The van der Waals surface area contributed by atoms with Crippen LogP contribution in [0.4, 0.5) is 23.7 Å². The number of nitrogens with one attached hydrogen (secondary N) is 2. The van der Waals surface area contributed by atoms with Crippen molar-refractivity contribution in [2.45, 2.75) is 32.6 Å². The van der Waals surface area contributed by atoms with Gasteiger partial charge in [0.1, 0.15) is 6.04 Å². The zero-order chi connectivity index (χ0) is 28.4. The van der Waals surface area contributed by atoms with Crippen LogP contribution in [-0.4, -0.2) is 35.9 Å². The maximum atomic E-state index is 13.4. The Morgan fingerprint density at radius 1 is 1.21 bits per heavy atom. The molecule has 0 saturated heterocycles. The Balaban J connectivity index is 2.34. The number of urea groups is 1. The van der Waals surface area contributed by atoms with E-state index in [1.165, 1.54) is 38.1 Å².